The van der Waals surface area contributed by atoms with Crippen LogP contribution in [0.5, 0.6) is 5.75 Å². The molecule has 2 aromatic rings. The Hall–Kier alpha value is -1.52. The minimum atomic E-state index is 0.0303. The third-order valence-electron chi connectivity index (χ3n) is 3.28. The van der Waals surface area contributed by atoms with Crippen LogP contribution in [0, 0.1) is 0 Å². The first-order chi connectivity index (χ1) is 9.52. The van der Waals surface area contributed by atoms with Gasteiger partial charge in [0.05, 0.1) is 16.4 Å². The Morgan fingerprint density at radius 2 is 2.00 bits per heavy atom. The van der Waals surface area contributed by atoms with E-state index in [0.29, 0.717) is 11.6 Å². The minimum absolute atomic E-state index is 0.0303. The van der Waals surface area contributed by atoms with E-state index in [1.165, 1.54) is 0 Å². The summed E-state index contributed by atoms with van der Waals surface area (Å²) in [6.45, 7) is 4.39. The lowest BCUT2D eigenvalue weighted by atomic mass is 10.1. The van der Waals surface area contributed by atoms with E-state index in [1.807, 2.05) is 45.2 Å². The highest BCUT2D eigenvalue weighted by atomic mass is 35.5. The van der Waals surface area contributed by atoms with Crippen molar-refractivity contribution in [3.05, 3.63) is 46.2 Å². The van der Waals surface area contributed by atoms with E-state index in [0.717, 1.165) is 29.1 Å². The molecule has 1 atom stereocenters. The van der Waals surface area contributed by atoms with Crippen molar-refractivity contribution < 1.29 is 4.74 Å². The van der Waals surface area contributed by atoms with Crippen LogP contribution in [-0.2, 0) is 20.1 Å². The molecule has 0 bridgehead atoms. The van der Waals surface area contributed by atoms with Crippen LogP contribution in [0.1, 0.15) is 36.8 Å². The molecule has 0 saturated carbocycles. The normalized spacial score (nSPS) is 12.4. The molecule has 0 radical (unpaired) electrons. The largest absolute Gasteiger partial charge is 0.487 e. The minimum Gasteiger partial charge on any atom is -0.487 e. The molecular formula is C15H20ClN3O. The van der Waals surface area contributed by atoms with E-state index >= 15 is 0 Å². The van der Waals surface area contributed by atoms with Gasteiger partial charge in [0.1, 0.15) is 12.4 Å². The molecule has 0 unspecified atom stereocenters. The van der Waals surface area contributed by atoms with Crippen LogP contribution in [0.25, 0.3) is 0 Å². The van der Waals surface area contributed by atoms with E-state index in [2.05, 4.69) is 5.10 Å². The molecule has 108 valence electrons. The topological polar surface area (TPSA) is 53.1 Å². The maximum Gasteiger partial charge on any atom is 0.131 e. The van der Waals surface area contributed by atoms with Gasteiger partial charge in [-0.2, -0.15) is 5.10 Å². The average Bonchev–Trinajstić information content (AvgIpc) is 2.71. The maximum atomic E-state index is 6.28. The van der Waals surface area contributed by atoms with E-state index in [4.69, 9.17) is 22.1 Å². The summed E-state index contributed by atoms with van der Waals surface area (Å²) in [4.78, 5) is 0. The lowest BCUT2D eigenvalue weighted by molar-refractivity contribution is 0.295. The van der Waals surface area contributed by atoms with Crippen LogP contribution in [-0.4, -0.2) is 9.78 Å². The van der Waals surface area contributed by atoms with Gasteiger partial charge in [-0.05, 0) is 31.0 Å². The van der Waals surface area contributed by atoms with Crippen molar-refractivity contribution in [1.29, 1.82) is 0 Å². The standard InChI is InChI=1S/C15H20ClN3O/c1-4-13-15(16)14(19(3)18-13)9-20-12-7-5-11(6-8-12)10(2)17/h5-8,10H,4,9,17H2,1-3H3/t10-/m1/s1. The first kappa shape index (κ1) is 14.9. The number of ether oxygens (including phenoxy) is 1. The van der Waals surface area contributed by atoms with Crippen molar-refractivity contribution in [2.24, 2.45) is 12.8 Å². The van der Waals surface area contributed by atoms with Gasteiger partial charge in [-0.3, -0.25) is 4.68 Å². The molecule has 1 heterocycles. The second-order valence-electron chi connectivity index (χ2n) is 4.83. The summed E-state index contributed by atoms with van der Waals surface area (Å²) >= 11 is 6.28. The van der Waals surface area contributed by atoms with Gasteiger partial charge in [-0.25, -0.2) is 0 Å². The van der Waals surface area contributed by atoms with Gasteiger partial charge < -0.3 is 10.5 Å². The van der Waals surface area contributed by atoms with Crippen LogP contribution in [0.3, 0.4) is 0 Å². The molecule has 5 heteroatoms. The van der Waals surface area contributed by atoms with Gasteiger partial charge >= 0.3 is 0 Å². The van der Waals surface area contributed by atoms with Crippen molar-refractivity contribution in [2.45, 2.75) is 32.9 Å². The molecule has 20 heavy (non-hydrogen) atoms. The van der Waals surface area contributed by atoms with E-state index < -0.39 is 0 Å². The summed E-state index contributed by atoms with van der Waals surface area (Å²) < 4.78 is 7.54. The molecule has 1 aromatic heterocycles. The van der Waals surface area contributed by atoms with Crippen LogP contribution in [0.2, 0.25) is 5.02 Å². The second kappa shape index (κ2) is 6.29. The van der Waals surface area contributed by atoms with Gasteiger partial charge in [0.2, 0.25) is 0 Å². The van der Waals surface area contributed by atoms with E-state index in [1.54, 1.807) is 4.68 Å². The third-order valence-corrected chi connectivity index (χ3v) is 3.72. The summed E-state index contributed by atoms with van der Waals surface area (Å²) in [6, 6.07) is 7.82. The Balaban J connectivity index is 2.07. The van der Waals surface area contributed by atoms with Crippen LogP contribution >= 0.6 is 11.6 Å². The van der Waals surface area contributed by atoms with Gasteiger partial charge in [0.15, 0.2) is 0 Å². The zero-order chi connectivity index (χ0) is 14.7. The zero-order valence-corrected chi connectivity index (χ0v) is 12.8. The number of nitrogens with two attached hydrogens (primary N) is 1. The number of halogens is 1. The molecule has 0 saturated heterocycles. The number of nitrogens with zero attached hydrogens (tertiary/aromatic N) is 2. The van der Waals surface area contributed by atoms with Crippen LogP contribution < -0.4 is 10.5 Å². The Morgan fingerprint density at radius 1 is 1.35 bits per heavy atom. The lowest BCUT2D eigenvalue weighted by Gasteiger charge is -2.09. The average molecular weight is 294 g/mol. The molecule has 1 aromatic carbocycles. The third kappa shape index (κ3) is 3.14. The fraction of sp³-hybridized carbons (Fsp3) is 0.400. The molecule has 0 aliphatic rings. The predicted octanol–water partition coefficient (Wildman–Crippen LogP) is 3.23. The Labute approximate surface area is 124 Å². The first-order valence-electron chi connectivity index (χ1n) is 6.71. The van der Waals surface area contributed by atoms with Crippen molar-refractivity contribution in [1.82, 2.24) is 9.78 Å². The predicted molar refractivity (Wildman–Crippen MR) is 81.0 cm³/mol. The van der Waals surface area contributed by atoms with Crippen LogP contribution in [0.15, 0.2) is 24.3 Å². The number of benzene rings is 1. The number of rotatable bonds is 5. The van der Waals surface area contributed by atoms with Crippen molar-refractivity contribution >= 4 is 11.6 Å². The fourth-order valence-corrected chi connectivity index (χ4v) is 2.34. The van der Waals surface area contributed by atoms with E-state index in [9.17, 15) is 0 Å². The summed E-state index contributed by atoms with van der Waals surface area (Å²) in [6.07, 6.45) is 0.815. The van der Waals surface area contributed by atoms with E-state index in [-0.39, 0.29) is 6.04 Å². The summed E-state index contributed by atoms with van der Waals surface area (Å²) in [5.41, 5.74) is 8.70. The zero-order valence-electron chi connectivity index (χ0n) is 12.1. The lowest BCUT2D eigenvalue weighted by Crippen LogP contribution is -2.05. The Kier molecular flexibility index (Phi) is 4.68. The molecule has 4 nitrogen and oxygen atoms in total. The molecule has 0 amide bonds. The number of aryl methyl sites for hydroxylation is 2. The molecule has 0 spiro atoms. The molecule has 2 rings (SSSR count). The SMILES string of the molecule is CCc1nn(C)c(COc2ccc([C@@H](C)N)cc2)c1Cl. The number of hydrogen-bond donors (Lipinski definition) is 1. The first-order valence-corrected chi connectivity index (χ1v) is 7.09. The quantitative estimate of drug-likeness (QED) is 0.921. The summed E-state index contributed by atoms with van der Waals surface area (Å²) in [5, 5.41) is 5.06. The van der Waals surface area contributed by atoms with Crippen molar-refractivity contribution in [3.63, 3.8) is 0 Å². The van der Waals surface area contributed by atoms with Gasteiger partial charge in [0.25, 0.3) is 0 Å². The van der Waals surface area contributed by atoms with Gasteiger partial charge in [-0.15, -0.1) is 0 Å². The molecule has 0 aliphatic carbocycles. The monoisotopic (exact) mass is 293 g/mol. The highest BCUT2D eigenvalue weighted by Crippen LogP contribution is 2.23. The highest BCUT2D eigenvalue weighted by molar-refractivity contribution is 6.31. The fourth-order valence-electron chi connectivity index (χ4n) is 2.00. The summed E-state index contributed by atoms with van der Waals surface area (Å²) in [7, 11) is 1.88. The molecular weight excluding hydrogens is 274 g/mol. The van der Waals surface area contributed by atoms with Crippen LogP contribution in [0.4, 0.5) is 0 Å². The summed E-state index contributed by atoms with van der Waals surface area (Å²) in [5.74, 6) is 0.796. The van der Waals surface area contributed by atoms with Gasteiger partial charge in [-0.1, -0.05) is 30.7 Å². The maximum absolute atomic E-state index is 6.28. The Morgan fingerprint density at radius 3 is 2.50 bits per heavy atom. The molecule has 2 N–H and O–H groups in total. The Bertz CT molecular complexity index is 576. The smallest absolute Gasteiger partial charge is 0.131 e. The van der Waals surface area contributed by atoms with Crippen molar-refractivity contribution in [3.8, 4) is 5.75 Å². The second-order valence-corrected chi connectivity index (χ2v) is 5.21. The van der Waals surface area contributed by atoms with Gasteiger partial charge in [0, 0.05) is 13.1 Å². The number of hydrogen-bond acceptors (Lipinski definition) is 3. The van der Waals surface area contributed by atoms with Crippen molar-refractivity contribution in [2.75, 3.05) is 0 Å². The molecule has 0 fully saturated rings. The molecule has 0 aliphatic heterocycles. The highest BCUT2D eigenvalue weighted by Gasteiger charge is 2.13. The number of aromatic nitrogens is 2.